The van der Waals surface area contributed by atoms with Gasteiger partial charge in [0.05, 0.1) is 60.8 Å². The maximum Gasteiger partial charge on any atom is 0.306 e. The Morgan fingerprint density at radius 3 is 2.17 bits per heavy atom. The molecule has 3 amide bonds. The van der Waals surface area contributed by atoms with Crippen molar-refractivity contribution >= 4 is 46.0 Å². The van der Waals surface area contributed by atoms with E-state index in [9.17, 15) is 19.2 Å². The molecule has 7 aliphatic rings. The van der Waals surface area contributed by atoms with Gasteiger partial charge in [0.2, 0.25) is 17.7 Å². The molecule has 3 N–H and O–H groups in total. The fraction of sp³-hybridized carbons (Fsp3) is 0.531. The number of likely N-dealkylation sites (tertiary alicyclic amines) is 2. The largest absolute Gasteiger partial charge is 0.469 e. The van der Waals surface area contributed by atoms with E-state index in [1.807, 2.05) is 17.3 Å². The molecule has 334 valence electrons. The van der Waals surface area contributed by atoms with Crippen LogP contribution in [0.5, 0.6) is 0 Å². The molecule has 64 heavy (non-hydrogen) atoms. The minimum absolute atomic E-state index is 0.0103. The summed E-state index contributed by atoms with van der Waals surface area (Å²) in [6.07, 6.45) is 13.1. The molecule has 11 rings (SSSR count). The van der Waals surface area contributed by atoms with Crippen molar-refractivity contribution in [1.82, 2.24) is 35.1 Å². The number of H-pyrrole nitrogens is 2. The third-order valence-corrected chi connectivity index (χ3v) is 15.3. The van der Waals surface area contributed by atoms with E-state index in [2.05, 4.69) is 56.6 Å². The van der Waals surface area contributed by atoms with Crippen molar-refractivity contribution in [2.75, 3.05) is 33.5 Å². The molecule has 6 fully saturated rings. The minimum Gasteiger partial charge on any atom is -0.469 e. The second kappa shape index (κ2) is 16.7. The van der Waals surface area contributed by atoms with Crippen molar-refractivity contribution in [1.29, 1.82) is 0 Å². The van der Waals surface area contributed by atoms with E-state index in [-0.39, 0.29) is 66.1 Å². The highest BCUT2D eigenvalue weighted by Gasteiger charge is 2.58. The average molecular weight is 869 g/mol. The van der Waals surface area contributed by atoms with Gasteiger partial charge in [0.1, 0.15) is 11.9 Å². The van der Waals surface area contributed by atoms with Gasteiger partial charge < -0.3 is 39.3 Å². The van der Waals surface area contributed by atoms with Gasteiger partial charge >= 0.3 is 5.97 Å². The zero-order chi connectivity index (χ0) is 43.6. The number of nitrogens with one attached hydrogen (secondary N) is 3. The lowest BCUT2D eigenvalue weighted by molar-refractivity contribution is -0.150. The SMILES string of the molecule is COC(=O)C[C@H](C(=O)N1[C@@H]2C[C@@H]2C[C@H]1C1=NC=C(c2ccc(-c3ccc(-c4cnc([C@@H]5C[C@H]6C[C@H]6N5C(=O)[C@@H](NC(C)=O)C5CCOCC5)[nH]4)cc3)c3nc[nH]c23)C1)C1CCOCC1. The summed E-state index contributed by atoms with van der Waals surface area (Å²) in [6.45, 7) is 3.90. The summed E-state index contributed by atoms with van der Waals surface area (Å²) in [5.41, 5.74) is 8.83. The number of aromatic amines is 2. The summed E-state index contributed by atoms with van der Waals surface area (Å²) in [4.78, 5) is 79.1. The van der Waals surface area contributed by atoms with Crippen molar-refractivity contribution in [2.24, 2.45) is 34.6 Å². The van der Waals surface area contributed by atoms with Crippen LogP contribution in [-0.2, 0) is 33.4 Å². The molecule has 2 aromatic carbocycles. The fourth-order valence-electron chi connectivity index (χ4n) is 11.8. The number of piperidine rings is 2. The Hall–Kier alpha value is -5.67. The van der Waals surface area contributed by atoms with Gasteiger partial charge in [0, 0.05) is 74.9 Å². The van der Waals surface area contributed by atoms with Crippen LogP contribution in [0.25, 0.3) is 39.0 Å². The quantitative estimate of drug-likeness (QED) is 0.144. The van der Waals surface area contributed by atoms with Gasteiger partial charge in [-0.3, -0.25) is 24.2 Å². The Balaban J connectivity index is 0.780. The summed E-state index contributed by atoms with van der Waals surface area (Å²) in [7, 11) is 1.39. The third kappa shape index (κ3) is 7.53. The molecule has 4 aromatic rings. The lowest BCUT2D eigenvalue weighted by Crippen LogP contribution is -2.53. The fourth-order valence-corrected chi connectivity index (χ4v) is 11.8. The van der Waals surface area contributed by atoms with Crippen LogP contribution < -0.4 is 5.32 Å². The van der Waals surface area contributed by atoms with Crippen molar-refractivity contribution in [3.8, 4) is 22.4 Å². The maximum absolute atomic E-state index is 14.4. The predicted octanol–water partition coefficient (Wildman–Crippen LogP) is 5.99. The summed E-state index contributed by atoms with van der Waals surface area (Å²) in [6, 6.07) is 12.2. The Morgan fingerprint density at radius 2 is 1.47 bits per heavy atom. The van der Waals surface area contributed by atoms with E-state index in [1.54, 1.807) is 6.33 Å². The van der Waals surface area contributed by atoms with E-state index in [4.69, 9.17) is 29.2 Å². The molecule has 0 spiro atoms. The molecule has 2 saturated carbocycles. The summed E-state index contributed by atoms with van der Waals surface area (Å²) >= 11 is 0. The van der Waals surface area contributed by atoms with Gasteiger partial charge in [-0.25, -0.2) is 9.97 Å². The Bertz CT molecular complexity index is 2530. The number of methoxy groups -OCH3 is 1. The van der Waals surface area contributed by atoms with Gasteiger partial charge in [-0.15, -0.1) is 0 Å². The molecule has 0 bridgehead atoms. The number of hydrogen-bond acceptors (Lipinski definition) is 10. The molecule has 5 aliphatic heterocycles. The topological polar surface area (TPSA) is 184 Å². The molecule has 0 unspecified atom stereocenters. The van der Waals surface area contributed by atoms with Crippen LogP contribution in [0.2, 0.25) is 0 Å². The monoisotopic (exact) mass is 868 g/mol. The van der Waals surface area contributed by atoms with Crippen molar-refractivity contribution < 1.29 is 33.4 Å². The number of hydrogen-bond donors (Lipinski definition) is 3. The van der Waals surface area contributed by atoms with Crippen LogP contribution in [0.3, 0.4) is 0 Å². The number of esters is 1. The molecule has 8 atom stereocenters. The van der Waals surface area contributed by atoms with Crippen LogP contribution >= 0.6 is 0 Å². The highest BCUT2D eigenvalue weighted by molar-refractivity contribution is 6.07. The number of fused-ring (bicyclic) bond motifs is 3. The number of imidazole rings is 2. The summed E-state index contributed by atoms with van der Waals surface area (Å²) in [5.74, 6) is 0.952. The van der Waals surface area contributed by atoms with Gasteiger partial charge in [-0.05, 0) is 91.7 Å². The number of aliphatic imine (C=N–C) groups is 1. The van der Waals surface area contributed by atoms with Gasteiger partial charge in [-0.1, -0.05) is 36.4 Å². The highest BCUT2D eigenvalue weighted by Crippen LogP contribution is 2.54. The average Bonchev–Trinajstić information content (AvgIpc) is 3.78. The highest BCUT2D eigenvalue weighted by atomic mass is 16.5. The molecule has 15 heteroatoms. The first-order valence-electron chi connectivity index (χ1n) is 23.3. The second-order valence-corrected chi connectivity index (χ2v) is 19.1. The molecule has 7 heterocycles. The van der Waals surface area contributed by atoms with E-state index in [1.165, 1.54) is 14.0 Å². The standard InChI is InChI=1S/C49H56N8O7/c1-26(58)54-44(30-11-15-64-16-12-30)49(61)57-40-19-32(40)21-42(57)47-51-24-38(55-47)29-5-3-27(4-6-29)34-7-8-35(46-45(34)52-25-53-46)33-17-37(50-23-33)41-20-31-18-39(31)56(41)48(60)36(22-43(59)62-2)28-9-13-63-14-10-28/h3-8,23-25,28,30-32,36,39-42,44H,9-22H2,1-2H3,(H,51,55)(H,52,53)(H,54,58)/t31-,32-,36+,39-,40-,41+,42+,44+/m1/s1. The van der Waals surface area contributed by atoms with Crippen LogP contribution in [-0.4, -0.2) is 117 Å². The van der Waals surface area contributed by atoms with Gasteiger partial charge in [-0.2, -0.15) is 0 Å². The number of nitrogens with zero attached hydrogens (tertiary/aromatic N) is 5. The Kier molecular flexibility index (Phi) is 10.7. The van der Waals surface area contributed by atoms with Crippen molar-refractivity contribution in [3.63, 3.8) is 0 Å². The predicted molar refractivity (Wildman–Crippen MR) is 237 cm³/mol. The van der Waals surface area contributed by atoms with E-state index >= 15 is 0 Å². The number of ether oxygens (including phenoxy) is 3. The Labute approximate surface area is 371 Å². The number of carbonyl (C=O) groups excluding carboxylic acids is 4. The molecule has 15 nitrogen and oxygen atoms in total. The minimum atomic E-state index is -0.562. The molecular formula is C49H56N8O7. The number of benzene rings is 2. The molecule has 2 aliphatic carbocycles. The lowest BCUT2D eigenvalue weighted by Gasteiger charge is -2.35. The van der Waals surface area contributed by atoms with E-state index in [0.29, 0.717) is 44.7 Å². The maximum atomic E-state index is 14.4. The smallest absolute Gasteiger partial charge is 0.306 e. The van der Waals surface area contributed by atoms with Gasteiger partial charge in [0.25, 0.3) is 0 Å². The van der Waals surface area contributed by atoms with Crippen molar-refractivity contribution in [3.05, 3.63) is 66.5 Å². The van der Waals surface area contributed by atoms with E-state index < -0.39 is 12.0 Å². The molecule has 4 saturated heterocycles. The zero-order valence-electron chi connectivity index (χ0n) is 36.5. The molecular weight excluding hydrogens is 813 g/mol. The lowest BCUT2D eigenvalue weighted by atomic mass is 9.82. The summed E-state index contributed by atoms with van der Waals surface area (Å²) in [5, 5.41) is 2.99. The first kappa shape index (κ1) is 41.1. The van der Waals surface area contributed by atoms with Crippen LogP contribution in [0.15, 0.2) is 60.1 Å². The number of aromatic nitrogens is 4. The van der Waals surface area contributed by atoms with Crippen LogP contribution in [0.1, 0.15) is 88.6 Å². The first-order valence-corrected chi connectivity index (χ1v) is 23.3. The Morgan fingerprint density at radius 1 is 0.812 bits per heavy atom. The zero-order valence-corrected chi connectivity index (χ0v) is 36.5. The van der Waals surface area contributed by atoms with Crippen molar-refractivity contribution in [2.45, 2.75) is 101 Å². The van der Waals surface area contributed by atoms with Crippen LogP contribution in [0, 0.1) is 29.6 Å². The first-order chi connectivity index (χ1) is 31.2. The van der Waals surface area contributed by atoms with E-state index in [0.717, 1.165) is 107 Å². The number of allylic oxidation sites excluding steroid dienone is 1. The molecule has 2 aromatic heterocycles. The number of rotatable bonds is 12. The van der Waals surface area contributed by atoms with Gasteiger partial charge in [0.15, 0.2) is 0 Å². The summed E-state index contributed by atoms with van der Waals surface area (Å²) < 4.78 is 16.2. The number of amides is 3. The molecule has 0 radical (unpaired) electrons. The third-order valence-electron chi connectivity index (χ3n) is 15.3. The second-order valence-electron chi connectivity index (χ2n) is 19.1. The number of carbonyl (C=O) groups is 4. The van der Waals surface area contributed by atoms with Crippen LogP contribution in [0.4, 0.5) is 0 Å². The normalized spacial score (nSPS) is 27.4.